The van der Waals surface area contributed by atoms with Crippen molar-refractivity contribution in [2.24, 2.45) is 0 Å². The van der Waals surface area contributed by atoms with Crippen LogP contribution in [0.15, 0.2) is 66.7 Å². The van der Waals surface area contributed by atoms with E-state index in [9.17, 15) is 0 Å². The van der Waals surface area contributed by atoms with E-state index in [-0.39, 0.29) is 0 Å². The molecule has 3 heterocycles. The molecule has 102 valence electrons. The van der Waals surface area contributed by atoms with Gasteiger partial charge in [0.2, 0.25) is 0 Å². The largest absolute Gasteiger partial charge is 0.296 e. The quantitative estimate of drug-likeness (QED) is 0.293. The average molecular weight is 281 g/mol. The minimum Gasteiger partial charge on any atom is -0.218 e. The zero-order valence-electron chi connectivity index (χ0n) is 12.0. The molecule has 0 unspecified atom stereocenters. The zero-order valence-corrected chi connectivity index (χ0v) is 12.0. The Labute approximate surface area is 126 Å². The van der Waals surface area contributed by atoms with Crippen molar-refractivity contribution in [1.29, 1.82) is 0 Å². The van der Waals surface area contributed by atoms with E-state index in [0.29, 0.717) is 0 Å². The average Bonchev–Trinajstić information content (AvgIpc) is 3.10. The van der Waals surface area contributed by atoms with Gasteiger partial charge in [0.15, 0.2) is 11.0 Å². The highest BCUT2D eigenvalue weighted by Crippen LogP contribution is 2.36. The van der Waals surface area contributed by atoms with Crippen LogP contribution in [-0.4, -0.2) is 4.40 Å². The Bertz CT molecular complexity index is 1240. The first-order valence-corrected chi connectivity index (χ1v) is 7.69. The van der Waals surface area contributed by atoms with E-state index >= 15 is 0 Å². The van der Waals surface area contributed by atoms with Crippen LogP contribution in [0.4, 0.5) is 0 Å². The SMILES string of the molecule is c1cc2c3c(c1)c1ccccc1n1c4ccccc4[n+](c31)C2. The molecular weight excluding hydrogens is 268 g/mol. The third-order valence-electron chi connectivity index (χ3n) is 5.02. The van der Waals surface area contributed by atoms with E-state index in [0.717, 1.165) is 6.54 Å². The number of para-hydroxylation sites is 3. The van der Waals surface area contributed by atoms with Gasteiger partial charge in [0, 0.05) is 16.3 Å². The van der Waals surface area contributed by atoms with Crippen LogP contribution in [0.1, 0.15) is 5.56 Å². The first-order valence-electron chi connectivity index (χ1n) is 7.69. The highest BCUT2D eigenvalue weighted by atomic mass is 15.1. The Hall–Kier alpha value is -2.87. The summed E-state index contributed by atoms with van der Waals surface area (Å²) in [5.41, 5.74) is 6.67. The van der Waals surface area contributed by atoms with E-state index in [1.54, 1.807) is 0 Å². The lowest BCUT2D eigenvalue weighted by Gasteiger charge is -2.03. The Balaban J connectivity index is 2.13. The molecule has 22 heavy (non-hydrogen) atoms. The number of nitrogens with zero attached hydrogens (tertiary/aromatic N) is 2. The van der Waals surface area contributed by atoms with Crippen molar-refractivity contribution in [3.8, 4) is 0 Å². The molecule has 5 aromatic rings. The number of pyridine rings is 1. The first kappa shape index (κ1) is 10.8. The van der Waals surface area contributed by atoms with Gasteiger partial charge in [0.25, 0.3) is 5.65 Å². The minimum absolute atomic E-state index is 0.972. The van der Waals surface area contributed by atoms with Crippen LogP contribution >= 0.6 is 0 Å². The molecule has 3 aromatic carbocycles. The number of benzene rings is 3. The lowest BCUT2D eigenvalue weighted by atomic mass is 10.0. The lowest BCUT2D eigenvalue weighted by molar-refractivity contribution is -0.631. The second-order valence-corrected chi connectivity index (χ2v) is 6.09. The Morgan fingerprint density at radius 3 is 2.45 bits per heavy atom. The van der Waals surface area contributed by atoms with Gasteiger partial charge in [0.05, 0.1) is 5.39 Å². The maximum atomic E-state index is 2.46. The molecule has 0 N–H and O–H groups in total. The Kier molecular flexibility index (Phi) is 1.71. The summed E-state index contributed by atoms with van der Waals surface area (Å²) in [6.45, 7) is 0.972. The first-order chi connectivity index (χ1) is 10.9. The van der Waals surface area contributed by atoms with Gasteiger partial charge in [0.1, 0.15) is 12.1 Å². The summed E-state index contributed by atoms with van der Waals surface area (Å²) >= 11 is 0. The van der Waals surface area contributed by atoms with Crippen LogP contribution in [0, 0.1) is 0 Å². The topological polar surface area (TPSA) is 8.29 Å². The number of aromatic nitrogens is 2. The summed E-state index contributed by atoms with van der Waals surface area (Å²) in [4.78, 5) is 0. The molecule has 0 saturated heterocycles. The van der Waals surface area contributed by atoms with Crippen molar-refractivity contribution in [3.05, 3.63) is 72.3 Å². The molecule has 0 amide bonds. The van der Waals surface area contributed by atoms with Crippen LogP contribution in [-0.2, 0) is 6.54 Å². The molecular formula is C20H13N2+. The van der Waals surface area contributed by atoms with Crippen molar-refractivity contribution < 1.29 is 4.57 Å². The fraction of sp³-hybridized carbons (Fsp3) is 0.0500. The summed E-state index contributed by atoms with van der Waals surface area (Å²) in [6.07, 6.45) is 0. The lowest BCUT2D eigenvalue weighted by Crippen LogP contribution is -2.30. The molecule has 2 heteroatoms. The van der Waals surface area contributed by atoms with E-state index in [4.69, 9.17) is 0 Å². The van der Waals surface area contributed by atoms with Crippen LogP contribution < -0.4 is 4.57 Å². The van der Waals surface area contributed by atoms with Crippen molar-refractivity contribution in [3.63, 3.8) is 0 Å². The fourth-order valence-corrected chi connectivity index (χ4v) is 4.17. The predicted molar refractivity (Wildman–Crippen MR) is 89.2 cm³/mol. The summed E-state index contributed by atoms with van der Waals surface area (Å²) in [5, 5.41) is 4.12. The highest BCUT2D eigenvalue weighted by molar-refractivity contribution is 6.14. The maximum Gasteiger partial charge on any atom is 0.296 e. The molecule has 0 fully saturated rings. The fourth-order valence-electron chi connectivity index (χ4n) is 4.17. The van der Waals surface area contributed by atoms with Gasteiger partial charge in [-0.15, -0.1) is 0 Å². The predicted octanol–water partition coefficient (Wildman–Crippen LogP) is 4.05. The van der Waals surface area contributed by atoms with Gasteiger partial charge in [-0.05, 0) is 18.2 Å². The van der Waals surface area contributed by atoms with E-state index in [1.165, 1.54) is 43.9 Å². The normalized spacial score (nSPS) is 13.3. The minimum atomic E-state index is 0.972. The smallest absolute Gasteiger partial charge is 0.218 e. The molecule has 2 aromatic heterocycles. The standard InChI is InChI=1S/C20H13N2/c1-2-9-16-14(7-1)15-8-5-6-13-12-21-17-10-3-4-11-18(17)22(16)20(21)19(13)15/h1-11H,12H2/q+1. The van der Waals surface area contributed by atoms with Gasteiger partial charge in [-0.3, -0.25) is 0 Å². The maximum absolute atomic E-state index is 2.46. The summed E-state index contributed by atoms with van der Waals surface area (Å²) in [6, 6.07) is 24.2. The number of fused-ring (bicyclic) bond motifs is 6. The number of hydrogen-bond acceptors (Lipinski definition) is 0. The van der Waals surface area contributed by atoms with E-state index < -0.39 is 0 Å². The second-order valence-electron chi connectivity index (χ2n) is 6.09. The van der Waals surface area contributed by atoms with Crippen LogP contribution in [0.25, 0.3) is 38.4 Å². The molecule has 6 rings (SSSR count). The van der Waals surface area contributed by atoms with Crippen molar-refractivity contribution >= 4 is 38.4 Å². The molecule has 2 nitrogen and oxygen atoms in total. The summed E-state index contributed by atoms with van der Waals surface area (Å²) in [5.74, 6) is 0. The molecule has 0 aliphatic carbocycles. The van der Waals surface area contributed by atoms with E-state index in [2.05, 4.69) is 75.7 Å². The van der Waals surface area contributed by atoms with Gasteiger partial charge in [-0.25, -0.2) is 4.57 Å². The van der Waals surface area contributed by atoms with Crippen molar-refractivity contribution in [1.82, 2.24) is 4.40 Å². The van der Waals surface area contributed by atoms with Gasteiger partial charge >= 0.3 is 0 Å². The molecule has 0 atom stereocenters. The van der Waals surface area contributed by atoms with Crippen molar-refractivity contribution in [2.75, 3.05) is 0 Å². The Morgan fingerprint density at radius 2 is 1.50 bits per heavy atom. The third kappa shape index (κ3) is 1.05. The zero-order chi connectivity index (χ0) is 14.3. The number of hydrogen-bond donors (Lipinski definition) is 0. The summed E-state index contributed by atoms with van der Waals surface area (Å²) in [7, 11) is 0. The molecule has 0 radical (unpaired) electrons. The van der Waals surface area contributed by atoms with Crippen molar-refractivity contribution in [2.45, 2.75) is 6.54 Å². The van der Waals surface area contributed by atoms with Gasteiger partial charge in [-0.2, -0.15) is 4.40 Å². The molecule has 0 bridgehead atoms. The second kappa shape index (κ2) is 3.47. The van der Waals surface area contributed by atoms with Crippen LogP contribution in [0.2, 0.25) is 0 Å². The summed E-state index contributed by atoms with van der Waals surface area (Å²) < 4.78 is 4.89. The Morgan fingerprint density at radius 1 is 0.727 bits per heavy atom. The highest BCUT2D eigenvalue weighted by Gasteiger charge is 2.30. The van der Waals surface area contributed by atoms with E-state index in [1.807, 2.05) is 0 Å². The van der Waals surface area contributed by atoms with Gasteiger partial charge in [-0.1, -0.05) is 48.5 Å². The molecule has 1 aliphatic heterocycles. The van der Waals surface area contributed by atoms with Crippen LogP contribution in [0.5, 0.6) is 0 Å². The number of rotatable bonds is 0. The monoisotopic (exact) mass is 281 g/mol. The molecule has 0 saturated carbocycles. The molecule has 0 spiro atoms. The van der Waals surface area contributed by atoms with Gasteiger partial charge < -0.3 is 0 Å². The third-order valence-corrected chi connectivity index (χ3v) is 5.02. The van der Waals surface area contributed by atoms with Crippen LogP contribution in [0.3, 0.4) is 0 Å². The number of imidazole rings is 1. The molecule has 1 aliphatic rings.